The zero-order valence-electron chi connectivity index (χ0n) is 47.8. The molecule has 0 rings (SSSR count). The standard InChI is InChI=1S/C63H112NO8P/c1-6-8-10-12-14-16-18-20-22-23-24-25-26-27-28-29-30-31-32-33-34-35-36-37-38-39-40-41-42-44-46-48-50-52-54-56-63(66)72-61(60-71-73(67,68)70-58-57-64(3,4)5)59-69-62(65)55-53-51-49-47-45-43-21-19-17-15-13-11-9-7-2/h8,10,13-16,19-22,24-25,27-28,61H,6-7,9,11-12,17-18,23,26,29-60H2,1-5H3/b10-8-,15-13-,16-14-,21-19-,22-20-,25-24-,28-27-. The van der Waals surface area contributed by atoms with Gasteiger partial charge >= 0.3 is 11.9 Å². The Balaban J connectivity index is 4.01. The third kappa shape index (κ3) is 58.3. The number of nitrogens with zero attached hydrogens (tertiary/aromatic N) is 1. The Morgan fingerprint density at radius 1 is 0.438 bits per heavy atom. The second-order valence-corrected chi connectivity index (χ2v) is 22.4. The lowest BCUT2D eigenvalue weighted by Crippen LogP contribution is -2.37. The van der Waals surface area contributed by atoms with Crippen molar-refractivity contribution >= 4 is 19.8 Å². The molecule has 0 fully saturated rings. The van der Waals surface area contributed by atoms with Crippen LogP contribution in [0.4, 0.5) is 0 Å². The maximum absolute atomic E-state index is 12.8. The van der Waals surface area contributed by atoms with Gasteiger partial charge in [-0.3, -0.25) is 14.2 Å². The van der Waals surface area contributed by atoms with E-state index in [0.717, 1.165) is 96.3 Å². The largest absolute Gasteiger partial charge is 0.756 e. The van der Waals surface area contributed by atoms with Gasteiger partial charge in [-0.15, -0.1) is 0 Å². The molecule has 0 heterocycles. The number of carbonyl (C=O) groups excluding carboxylic acids is 2. The predicted octanol–water partition coefficient (Wildman–Crippen LogP) is 18.0. The molecule has 0 radical (unpaired) electrons. The van der Waals surface area contributed by atoms with Crippen molar-refractivity contribution in [3.05, 3.63) is 85.1 Å². The molecule has 9 nitrogen and oxygen atoms in total. The molecule has 0 aromatic heterocycles. The van der Waals surface area contributed by atoms with Crippen LogP contribution >= 0.6 is 7.82 Å². The van der Waals surface area contributed by atoms with Crippen LogP contribution in [0, 0.1) is 0 Å². The van der Waals surface area contributed by atoms with E-state index in [0.29, 0.717) is 23.9 Å². The lowest BCUT2D eigenvalue weighted by Gasteiger charge is -2.28. The first-order valence-electron chi connectivity index (χ1n) is 29.8. The summed E-state index contributed by atoms with van der Waals surface area (Å²) in [6, 6.07) is 0. The van der Waals surface area contributed by atoms with Gasteiger partial charge in [0.1, 0.15) is 19.8 Å². The summed E-state index contributed by atoms with van der Waals surface area (Å²) in [7, 11) is 1.16. The van der Waals surface area contributed by atoms with Crippen molar-refractivity contribution in [3.63, 3.8) is 0 Å². The predicted molar refractivity (Wildman–Crippen MR) is 309 cm³/mol. The fourth-order valence-electron chi connectivity index (χ4n) is 8.05. The SMILES string of the molecule is CC/C=C\C/C=C\C/C=C\C/C=C\C/C=C\CCCCCCCCCCCCCCCCCCCCCC(=O)OC(COC(=O)CCCCCCC/C=C\C/C=C\CCCC)COP(=O)([O-])OCC[N+](C)(C)C. The van der Waals surface area contributed by atoms with Crippen molar-refractivity contribution in [2.75, 3.05) is 47.5 Å². The van der Waals surface area contributed by atoms with E-state index in [4.69, 9.17) is 18.5 Å². The summed E-state index contributed by atoms with van der Waals surface area (Å²) in [5, 5.41) is 0. The first-order valence-corrected chi connectivity index (χ1v) is 31.3. The van der Waals surface area contributed by atoms with E-state index < -0.39 is 32.5 Å². The molecule has 10 heteroatoms. The number of carbonyl (C=O) groups is 2. The Hall–Kier alpha value is -2.81. The summed E-state index contributed by atoms with van der Waals surface area (Å²) in [5.41, 5.74) is 0. The third-order valence-corrected chi connectivity index (χ3v) is 13.6. The molecule has 422 valence electrons. The molecule has 0 aliphatic heterocycles. The fraction of sp³-hybridized carbons (Fsp3) is 0.746. The summed E-state index contributed by atoms with van der Waals surface area (Å²) in [6.45, 7) is 4.08. The highest BCUT2D eigenvalue weighted by molar-refractivity contribution is 7.45. The number of phosphoric acid groups is 1. The number of hydrogen-bond donors (Lipinski definition) is 0. The highest BCUT2D eigenvalue weighted by atomic mass is 31.2. The van der Waals surface area contributed by atoms with Gasteiger partial charge in [-0.1, -0.05) is 240 Å². The van der Waals surface area contributed by atoms with Crippen molar-refractivity contribution in [2.24, 2.45) is 0 Å². The molecule has 73 heavy (non-hydrogen) atoms. The lowest BCUT2D eigenvalue weighted by atomic mass is 10.0. The lowest BCUT2D eigenvalue weighted by molar-refractivity contribution is -0.870. The number of rotatable bonds is 54. The zero-order valence-corrected chi connectivity index (χ0v) is 48.7. The molecule has 0 saturated heterocycles. The van der Waals surface area contributed by atoms with Gasteiger partial charge in [-0.2, -0.15) is 0 Å². The van der Waals surface area contributed by atoms with Gasteiger partial charge in [0.05, 0.1) is 27.7 Å². The van der Waals surface area contributed by atoms with Crippen LogP contribution in [0.3, 0.4) is 0 Å². The highest BCUT2D eigenvalue weighted by Crippen LogP contribution is 2.38. The Morgan fingerprint density at radius 3 is 1.16 bits per heavy atom. The number of likely N-dealkylation sites (N-methyl/N-ethyl adjacent to an activating group) is 1. The Bertz CT molecular complexity index is 1510. The van der Waals surface area contributed by atoms with Crippen molar-refractivity contribution < 1.29 is 42.1 Å². The number of esters is 2. The number of ether oxygens (including phenoxy) is 2. The minimum Gasteiger partial charge on any atom is -0.756 e. The molecule has 0 aromatic rings. The average molecular weight is 1040 g/mol. The number of hydrogen-bond acceptors (Lipinski definition) is 8. The van der Waals surface area contributed by atoms with Gasteiger partial charge < -0.3 is 27.9 Å². The van der Waals surface area contributed by atoms with E-state index in [2.05, 4.69) is 98.9 Å². The second kappa shape index (κ2) is 54.0. The van der Waals surface area contributed by atoms with Crippen LogP contribution in [0.15, 0.2) is 85.1 Å². The molecule has 0 spiro atoms. The number of phosphoric ester groups is 1. The average Bonchev–Trinajstić information content (AvgIpc) is 3.35. The minimum atomic E-state index is -4.64. The van der Waals surface area contributed by atoms with Crippen LogP contribution < -0.4 is 4.89 Å². The summed E-state index contributed by atoms with van der Waals surface area (Å²) in [4.78, 5) is 37.8. The van der Waals surface area contributed by atoms with Crippen molar-refractivity contribution in [1.29, 1.82) is 0 Å². The normalized spacial score (nSPS) is 13.9. The molecule has 2 atom stereocenters. The molecule has 2 unspecified atom stereocenters. The highest BCUT2D eigenvalue weighted by Gasteiger charge is 2.22. The molecule has 0 amide bonds. The minimum absolute atomic E-state index is 0.0347. The molecule has 0 saturated carbocycles. The van der Waals surface area contributed by atoms with E-state index in [1.165, 1.54) is 116 Å². The van der Waals surface area contributed by atoms with Gasteiger partial charge in [-0.05, 0) is 83.5 Å². The molecule has 0 aliphatic rings. The van der Waals surface area contributed by atoms with Gasteiger partial charge in [0, 0.05) is 12.8 Å². The maximum atomic E-state index is 12.8. The van der Waals surface area contributed by atoms with Crippen LogP contribution in [-0.4, -0.2) is 70.0 Å². The Labute approximate surface area is 450 Å². The molecule has 0 aliphatic carbocycles. The quantitative estimate of drug-likeness (QED) is 0.0195. The van der Waals surface area contributed by atoms with Crippen LogP contribution in [0.1, 0.15) is 251 Å². The molecule has 0 bridgehead atoms. The van der Waals surface area contributed by atoms with Crippen LogP contribution in [0.25, 0.3) is 0 Å². The summed E-state index contributed by atoms with van der Waals surface area (Å²) in [6.07, 6.45) is 72.2. The van der Waals surface area contributed by atoms with Crippen LogP contribution in [0.5, 0.6) is 0 Å². The first-order chi connectivity index (χ1) is 35.5. The maximum Gasteiger partial charge on any atom is 0.306 e. The second-order valence-electron chi connectivity index (χ2n) is 21.0. The number of allylic oxidation sites excluding steroid dienone is 14. The van der Waals surface area contributed by atoms with Crippen molar-refractivity contribution in [1.82, 2.24) is 0 Å². The monoisotopic (exact) mass is 1040 g/mol. The summed E-state index contributed by atoms with van der Waals surface area (Å²) >= 11 is 0. The van der Waals surface area contributed by atoms with E-state index in [-0.39, 0.29) is 26.1 Å². The smallest absolute Gasteiger partial charge is 0.306 e. The zero-order chi connectivity index (χ0) is 53.5. The van der Waals surface area contributed by atoms with Gasteiger partial charge in [0.2, 0.25) is 0 Å². The number of quaternary nitrogens is 1. The van der Waals surface area contributed by atoms with Crippen molar-refractivity contribution in [2.45, 2.75) is 258 Å². The van der Waals surface area contributed by atoms with E-state index in [1.54, 1.807) is 0 Å². The molecular weight excluding hydrogens is 930 g/mol. The van der Waals surface area contributed by atoms with Gasteiger partial charge in [-0.25, -0.2) is 0 Å². The van der Waals surface area contributed by atoms with E-state index in [9.17, 15) is 19.0 Å². The van der Waals surface area contributed by atoms with Crippen LogP contribution in [0.2, 0.25) is 0 Å². The van der Waals surface area contributed by atoms with E-state index in [1.807, 2.05) is 21.1 Å². The summed E-state index contributed by atoms with van der Waals surface area (Å²) in [5.74, 6) is -0.846. The summed E-state index contributed by atoms with van der Waals surface area (Å²) < 4.78 is 34.1. The molecule has 0 aromatic carbocycles. The number of unbranched alkanes of at least 4 members (excludes halogenated alkanes) is 26. The Kier molecular flexibility index (Phi) is 51.9. The first kappa shape index (κ1) is 70.2. The fourth-order valence-corrected chi connectivity index (χ4v) is 8.78. The topological polar surface area (TPSA) is 111 Å². The third-order valence-electron chi connectivity index (χ3n) is 12.6. The Morgan fingerprint density at radius 2 is 0.781 bits per heavy atom. The van der Waals surface area contributed by atoms with E-state index >= 15 is 0 Å². The van der Waals surface area contributed by atoms with Gasteiger partial charge in [0.25, 0.3) is 7.82 Å². The molecule has 0 N–H and O–H groups in total. The van der Waals surface area contributed by atoms with Crippen molar-refractivity contribution in [3.8, 4) is 0 Å². The van der Waals surface area contributed by atoms with Crippen LogP contribution in [-0.2, 0) is 32.7 Å². The molecular formula is C63H112NO8P. The van der Waals surface area contributed by atoms with Gasteiger partial charge in [0.15, 0.2) is 6.10 Å².